The predicted molar refractivity (Wildman–Crippen MR) is 116 cm³/mol. The maximum Gasteiger partial charge on any atom is 0.219 e. The van der Waals surface area contributed by atoms with Gasteiger partial charge in [0.1, 0.15) is 12.3 Å². The fraction of sp³-hybridized carbons (Fsp3) is 0.739. The highest BCUT2D eigenvalue weighted by atomic mass is 16.7. The Morgan fingerprint density at radius 3 is 2.76 bits per heavy atom. The lowest BCUT2D eigenvalue weighted by atomic mass is 10.1. The first kappa shape index (κ1) is 23.6. The lowest BCUT2D eigenvalue weighted by Crippen LogP contribution is -2.41. The van der Waals surface area contributed by atoms with Crippen LogP contribution in [0.4, 0.5) is 0 Å². The molecule has 6 heteroatoms. The Hall–Kier alpha value is -1.66. The van der Waals surface area contributed by atoms with Crippen molar-refractivity contribution in [2.45, 2.75) is 85.2 Å². The molecule has 1 unspecified atom stereocenters. The molecule has 0 radical (unpaired) electrons. The third-order valence-electron chi connectivity index (χ3n) is 5.46. The SMILES string of the molecule is CCCCCC(=O)NCCC[N+](C)(C)Cc1cnc(C)c2c1COC(CCC)O2. The number of aromatic nitrogens is 1. The molecule has 29 heavy (non-hydrogen) atoms. The number of amides is 1. The molecule has 0 aromatic carbocycles. The van der Waals surface area contributed by atoms with Crippen molar-refractivity contribution in [3.63, 3.8) is 0 Å². The van der Waals surface area contributed by atoms with Gasteiger partial charge in [-0.2, -0.15) is 0 Å². The fourth-order valence-corrected chi connectivity index (χ4v) is 3.75. The Labute approximate surface area is 176 Å². The van der Waals surface area contributed by atoms with Gasteiger partial charge in [0, 0.05) is 43.1 Å². The molecule has 0 aliphatic carbocycles. The molecule has 1 atom stereocenters. The molecule has 1 aromatic heterocycles. The Morgan fingerprint density at radius 2 is 2.03 bits per heavy atom. The molecular formula is C23H40N3O3+. The molecule has 0 fully saturated rings. The number of rotatable bonds is 12. The third-order valence-corrected chi connectivity index (χ3v) is 5.46. The van der Waals surface area contributed by atoms with Gasteiger partial charge in [-0.05, 0) is 13.3 Å². The highest BCUT2D eigenvalue weighted by molar-refractivity contribution is 5.75. The van der Waals surface area contributed by atoms with Gasteiger partial charge < -0.3 is 19.3 Å². The number of pyridine rings is 1. The highest BCUT2D eigenvalue weighted by Crippen LogP contribution is 2.33. The summed E-state index contributed by atoms with van der Waals surface area (Å²) in [6, 6.07) is 0. The van der Waals surface area contributed by atoms with E-state index >= 15 is 0 Å². The minimum absolute atomic E-state index is 0.160. The van der Waals surface area contributed by atoms with Gasteiger partial charge in [0.2, 0.25) is 5.91 Å². The number of nitrogens with one attached hydrogen (secondary N) is 1. The minimum atomic E-state index is -0.160. The van der Waals surface area contributed by atoms with Crippen molar-refractivity contribution in [2.75, 3.05) is 27.2 Å². The van der Waals surface area contributed by atoms with Crippen LogP contribution in [0.3, 0.4) is 0 Å². The van der Waals surface area contributed by atoms with Gasteiger partial charge in [-0.15, -0.1) is 0 Å². The fourth-order valence-electron chi connectivity index (χ4n) is 3.75. The number of aryl methyl sites for hydroxylation is 1. The number of carbonyl (C=O) groups excluding carboxylic acids is 1. The van der Waals surface area contributed by atoms with E-state index in [1.54, 1.807) is 0 Å². The Bertz CT molecular complexity index is 661. The van der Waals surface area contributed by atoms with Crippen LogP contribution in [-0.4, -0.2) is 48.8 Å². The van der Waals surface area contributed by atoms with Crippen LogP contribution in [0.2, 0.25) is 0 Å². The van der Waals surface area contributed by atoms with Crippen molar-refractivity contribution in [3.05, 3.63) is 23.0 Å². The van der Waals surface area contributed by atoms with Gasteiger partial charge in [0.15, 0.2) is 6.29 Å². The Morgan fingerprint density at radius 1 is 1.24 bits per heavy atom. The zero-order valence-corrected chi connectivity index (χ0v) is 19.1. The summed E-state index contributed by atoms with van der Waals surface area (Å²) >= 11 is 0. The van der Waals surface area contributed by atoms with E-state index in [1.165, 1.54) is 5.56 Å². The summed E-state index contributed by atoms with van der Waals surface area (Å²) in [5.74, 6) is 1.09. The maximum absolute atomic E-state index is 11.8. The zero-order valence-electron chi connectivity index (χ0n) is 19.1. The lowest BCUT2D eigenvalue weighted by molar-refractivity contribution is -0.903. The van der Waals surface area contributed by atoms with Crippen LogP contribution >= 0.6 is 0 Å². The largest absolute Gasteiger partial charge is 0.463 e. The van der Waals surface area contributed by atoms with Crippen LogP contribution in [0.25, 0.3) is 0 Å². The second-order valence-electron chi connectivity index (χ2n) is 8.80. The van der Waals surface area contributed by atoms with E-state index in [2.05, 4.69) is 38.2 Å². The van der Waals surface area contributed by atoms with E-state index in [-0.39, 0.29) is 12.2 Å². The molecule has 1 aliphatic rings. The molecule has 0 saturated carbocycles. The Kier molecular flexibility index (Phi) is 9.37. The topological polar surface area (TPSA) is 60.5 Å². The predicted octanol–water partition coefficient (Wildman–Crippen LogP) is 4.09. The molecule has 1 N–H and O–H groups in total. The molecular weight excluding hydrogens is 366 g/mol. The molecule has 164 valence electrons. The molecule has 0 spiro atoms. The van der Waals surface area contributed by atoms with Crippen molar-refractivity contribution in [3.8, 4) is 5.75 Å². The van der Waals surface area contributed by atoms with E-state index in [4.69, 9.17) is 9.47 Å². The highest BCUT2D eigenvalue weighted by Gasteiger charge is 2.27. The summed E-state index contributed by atoms with van der Waals surface area (Å²) in [4.78, 5) is 16.4. The summed E-state index contributed by atoms with van der Waals surface area (Å²) in [7, 11) is 4.44. The van der Waals surface area contributed by atoms with Crippen molar-refractivity contribution in [1.29, 1.82) is 0 Å². The van der Waals surface area contributed by atoms with Crippen molar-refractivity contribution < 1.29 is 18.8 Å². The first-order valence-electron chi connectivity index (χ1n) is 11.2. The molecule has 2 rings (SSSR count). The summed E-state index contributed by atoms with van der Waals surface area (Å²) in [6.45, 7) is 9.47. The standard InChI is InChI=1S/C23H39N3O3/c1-6-8-9-12-21(27)24-13-10-14-26(4,5)16-19-15-25-18(3)23-20(19)17-28-22(29-23)11-7-2/h15,22H,6-14,16-17H2,1-5H3/p+1. The first-order chi connectivity index (χ1) is 13.9. The normalized spacial score (nSPS) is 16.2. The number of carbonyl (C=O) groups is 1. The van der Waals surface area contributed by atoms with Crippen LogP contribution in [-0.2, 0) is 22.7 Å². The van der Waals surface area contributed by atoms with Crippen LogP contribution in [0.5, 0.6) is 5.75 Å². The lowest BCUT2D eigenvalue weighted by Gasteiger charge is -2.33. The molecule has 0 saturated heterocycles. The summed E-state index contributed by atoms with van der Waals surface area (Å²) in [6.07, 6.45) is 8.60. The van der Waals surface area contributed by atoms with Gasteiger partial charge >= 0.3 is 0 Å². The number of hydrogen-bond donors (Lipinski definition) is 1. The van der Waals surface area contributed by atoms with Gasteiger partial charge in [0.05, 0.1) is 32.9 Å². The molecule has 1 aromatic rings. The van der Waals surface area contributed by atoms with E-state index in [1.807, 2.05) is 13.1 Å². The van der Waals surface area contributed by atoms with Crippen LogP contribution < -0.4 is 10.1 Å². The van der Waals surface area contributed by atoms with Gasteiger partial charge in [-0.25, -0.2) is 0 Å². The summed E-state index contributed by atoms with van der Waals surface area (Å²) in [5.41, 5.74) is 3.26. The first-order valence-corrected chi connectivity index (χ1v) is 11.2. The number of fused-ring (bicyclic) bond motifs is 1. The summed E-state index contributed by atoms with van der Waals surface area (Å²) in [5, 5.41) is 3.05. The monoisotopic (exact) mass is 406 g/mol. The second-order valence-corrected chi connectivity index (χ2v) is 8.80. The molecule has 1 aliphatic heterocycles. The molecule has 0 bridgehead atoms. The third kappa shape index (κ3) is 7.59. The van der Waals surface area contributed by atoms with Crippen LogP contribution in [0.1, 0.15) is 75.6 Å². The number of ether oxygens (including phenoxy) is 2. The van der Waals surface area contributed by atoms with Crippen molar-refractivity contribution in [1.82, 2.24) is 10.3 Å². The number of quaternary nitrogens is 1. The van der Waals surface area contributed by atoms with Gasteiger partial charge in [0.25, 0.3) is 0 Å². The van der Waals surface area contributed by atoms with Crippen molar-refractivity contribution >= 4 is 5.91 Å². The minimum Gasteiger partial charge on any atom is -0.463 e. The number of nitrogens with zero attached hydrogens (tertiary/aromatic N) is 2. The number of hydrogen-bond acceptors (Lipinski definition) is 4. The zero-order chi connectivity index (χ0) is 21.3. The summed E-state index contributed by atoms with van der Waals surface area (Å²) < 4.78 is 12.8. The smallest absolute Gasteiger partial charge is 0.219 e. The average molecular weight is 407 g/mol. The molecule has 1 amide bonds. The van der Waals surface area contributed by atoms with Crippen LogP contribution in [0, 0.1) is 6.92 Å². The van der Waals surface area contributed by atoms with Crippen molar-refractivity contribution in [2.24, 2.45) is 0 Å². The van der Waals surface area contributed by atoms with E-state index < -0.39 is 0 Å². The van der Waals surface area contributed by atoms with E-state index in [0.717, 1.165) is 79.6 Å². The Balaban J connectivity index is 1.87. The average Bonchev–Trinajstić information content (AvgIpc) is 2.68. The van der Waals surface area contributed by atoms with Crippen LogP contribution in [0.15, 0.2) is 6.20 Å². The second kappa shape index (κ2) is 11.5. The quantitative estimate of drug-likeness (QED) is 0.420. The maximum atomic E-state index is 11.8. The molecule has 6 nitrogen and oxygen atoms in total. The van der Waals surface area contributed by atoms with E-state index in [0.29, 0.717) is 13.0 Å². The molecule has 2 heterocycles. The van der Waals surface area contributed by atoms with Gasteiger partial charge in [-0.1, -0.05) is 33.1 Å². The number of unbranched alkanes of at least 4 members (excludes halogenated alkanes) is 2. The van der Waals surface area contributed by atoms with E-state index in [9.17, 15) is 4.79 Å². The van der Waals surface area contributed by atoms with Gasteiger partial charge in [-0.3, -0.25) is 9.78 Å².